The number of likely N-dealkylation sites (tertiary alicyclic amines) is 1. The number of aromatic nitrogens is 3. The molecule has 118 valence electrons. The summed E-state index contributed by atoms with van der Waals surface area (Å²) >= 11 is 0. The van der Waals surface area contributed by atoms with E-state index < -0.39 is 0 Å². The number of rotatable bonds is 3. The second-order valence-electron chi connectivity index (χ2n) is 5.86. The number of anilines is 1. The van der Waals surface area contributed by atoms with Crippen molar-refractivity contribution in [2.75, 3.05) is 24.7 Å². The fraction of sp³-hybridized carbons (Fsp3) is 0.375. The molecule has 23 heavy (non-hydrogen) atoms. The molecule has 0 bridgehead atoms. The monoisotopic (exact) mass is 310 g/mol. The lowest BCUT2D eigenvalue weighted by Crippen LogP contribution is -2.43. The fourth-order valence-corrected chi connectivity index (χ4v) is 3.16. The molecule has 2 aliphatic rings. The number of hydrogen-bond donors (Lipinski definition) is 0. The maximum atomic E-state index is 12.9. The van der Waals surface area contributed by atoms with E-state index in [0.717, 1.165) is 24.3 Å². The van der Waals surface area contributed by atoms with Gasteiger partial charge >= 0.3 is 0 Å². The Balaban J connectivity index is 1.67. The normalized spacial score (nSPS) is 20.3. The van der Waals surface area contributed by atoms with Crippen LogP contribution < -0.4 is 4.90 Å². The van der Waals surface area contributed by atoms with E-state index in [1.165, 1.54) is 36.6 Å². The van der Waals surface area contributed by atoms with E-state index in [-0.39, 0.29) is 5.91 Å². The summed E-state index contributed by atoms with van der Waals surface area (Å²) in [7, 11) is 0. The summed E-state index contributed by atoms with van der Waals surface area (Å²) in [6, 6.07) is 7.80. The summed E-state index contributed by atoms with van der Waals surface area (Å²) in [5.74, 6) is -0.0644. The number of fused-ring (bicyclic) bond motifs is 1. The highest BCUT2D eigenvalue weighted by atomic mass is 16.2. The number of nitrogens with zero attached hydrogens (tertiary/aromatic N) is 6. The van der Waals surface area contributed by atoms with E-state index in [9.17, 15) is 4.79 Å². The Bertz CT molecular complexity index is 733. The third-order valence-electron chi connectivity index (χ3n) is 4.31. The molecule has 2 aliphatic heterocycles. The van der Waals surface area contributed by atoms with E-state index in [0.29, 0.717) is 12.4 Å². The molecule has 2 aromatic rings. The lowest BCUT2D eigenvalue weighted by molar-refractivity contribution is -0.112. The quantitative estimate of drug-likeness (QED) is 0.857. The lowest BCUT2D eigenvalue weighted by Gasteiger charge is -2.30. The van der Waals surface area contributed by atoms with E-state index >= 15 is 0 Å². The van der Waals surface area contributed by atoms with Crippen molar-refractivity contribution >= 4 is 17.3 Å². The van der Waals surface area contributed by atoms with Gasteiger partial charge in [-0.25, -0.2) is 4.68 Å². The first-order valence-corrected chi connectivity index (χ1v) is 7.90. The zero-order valence-electron chi connectivity index (χ0n) is 12.8. The Hall–Kier alpha value is -2.54. The minimum absolute atomic E-state index is 0.0644. The summed E-state index contributed by atoms with van der Waals surface area (Å²) in [6.45, 7) is 2.71. The molecule has 1 saturated heterocycles. The van der Waals surface area contributed by atoms with Gasteiger partial charge in [-0.15, -0.1) is 10.2 Å². The highest BCUT2D eigenvalue weighted by Crippen LogP contribution is 2.29. The maximum absolute atomic E-state index is 12.9. The number of amides is 1. The minimum atomic E-state index is -0.0644. The van der Waals surface area contributed by atoms with Gasteiger partial charge in [0, 0.05) is 5.56 Å². The number of carbonyl (C=O) groups excluding carboxylic acids is 1. The molecule has 1 amide bonds. The van der Waals surface area contributed by atoms with Gasteiger partial charge in [-0.05, 0) is 32.0 Å². The Kier molecular flexibility index (Phi) is 3.63. The van der Waals surface area contributed by atoms with Crippen LogP contribution in [-0.2, 0) is 4.79 Å². The van der Waals surface area contributed by atoms with Gasteiger partial charge in [0.1, 0.15) is 12.7 Å². The van der Waals surface area contributed by atoms with Crippen molar-refractivity contribution < 1.29 is 4.79 Å². The third-order valence-corrected chi connectivity index (χ3v) is 4.31. The summed E-state index contributed by atoms with van der Waals surface area (Å²) in [6.07, 6.45) is 6.64. The molecule has 3 heterocycles. The third kappa shape index (κ3) is 2.63. The summed E-state index contributed by atoms with van der Waals surface area (Å²) in [5.41, 5.74) is 2.23. The van der Waals surface area contributed by atoms with Crippen LogP contribution in [0.1, 0.15) is 24.8 Å². The van der Waals surface area contributed by atoms with E-state index in [4.69, 9.17) is 0 Å². The van der Waals surface area contributed by atoms with Crippen molar-refractivity contribution in [1.82, 2.24) is 19.8 Å². The number of piperidine rings is 1. The average molecular weight is 310 g/mol. The molecule has 0 spiro atoms. The van der Waals surface area contributed by atoms with Gasteiger partial charge in [-0.2, -0.15) is 5.10 Å². The molecule has 1 aromatic carbocycles. The molecule has 0 atom stereocenters. The number of carbonyl (C=O) groups is 1. The molecule has 1 fully saturated rings. The number of hydrogen-bond acceptors (Lipinski definition) is 5. The number of benzene rings is 1. The molecule has 0 aliphatic carbocycles. The van der Waals surface area contributed by atoms with Gasteiger partial charge in [-0.3, -0.25) is 14.6 Å². The van der Waals surface area contributed by atoms with Crippen LogP contribution in [0, 0.1) is 0 Å². The number of para-hydroxylation sites is 1. The molecule has 0 saturated carbocycles. The van der Waals surface area contributed by atoms with Crippen molar-refractivity contribution in [3.63, 3.8) is 0 Å². The molecule has 1 aromatic heterocycles. The molecule has 7 heteroatoms. The molecular weight excluding hydrogens is 292 g/mol. The summed E-state index contributed by atoms with van der Waals surface area (Å²) in [5, 5.41) is 11.8. The smallest absolute Gasteiger partial charge is 0.280 e. The molecule has 4 rings (SSSR count). The van der Waals surface area contributed by atoms with Crippen molar-refractivity contribution in [3.8, 4) is 0 Å². The highest BCUT2D eigenvalue weighted by molar-refractivity contribution is 6.54. The lowest BCUT2D eigenvalue weighted by atomic mass is 10.1. The molecule has 0 N–H and O–H groups in total. The van der Waals surface area contributed by atoms with Crippen molar-refractivity contribution in [2.24, 2.45) is 5.10 Å². The van der Waals surface area contributed by atoms with Crippen LogP contribution in [0.4, 0.5) is 5.69 Å². The van der Waals surface area contributed by atoms with Crippen LogP contribution in [0.3, 0.4) is 0 Å². The largest absolute Gasteiger partial charge is 0.293 e. The van der Waals surface area contributed by atoms with Crippen LogP contribution in [0.15, 0.2) is 42.0 Å². The first-order chi connectivity index (χ1) is 11.3. The van der Waals surface area contributed by atoms with Gasteiger partial charge in [0.2, 0.25) is 0 Å². The zero-order chi connectivity index (χ0) is 15.6. The van der Waals surface area contributed by atoms with Crippen LogP contribution in [-0.4, -0.2) is 51.2 Å². The second-order valence-corrected chi connectivity index (χ2v) is 5.86. The van der Waals surface area contributed by atoms with E-state index in [1.54, 1.807) is 0 Å². The Morgan fingerprint density at radius 2 is 1.78 bits per heavy atom. The first kappa shape index (κ1) is 14.1. The maximum Gasteiger partial charge on any atom is 0.280 e. The average Bonchev–Trinajstić information content (AvgIpc) is 3.19. The highest BCUT2D eigenvalue weighted by Gasteiger charge is 2.35. The Labute approximate surface area is 134 Å². The standard InChI is InChI=1S/C16H18N6O/c23-16-15(19-21-10-17-18-11-21)13-6-2-3-7-14(13)22(16)12-20-8-4-1-5-9-20/h2-3,6-7,10-11H,1,4-5,8-9,12H2/b19-15-. The minimum Gasteiger partial charge on any atom is -0.293 e. The summed E-state index contributed by atoms with van der Waals surface area (Å²) in [4.78, 5) is 17.0. The van der Waals surface area contributed by atoms with E-state index in [1.807, 2.05) is 29.2 Å². The Morgan fingerprint density at radius 3 is 2.57 bits per heavy atom. The fourth-order valence-electron chi connectivity index (χ4n) is 3.16. The van der Waals surface area contributed by atoms with Gasteiger partial charge in [0.25, 0.3) is 5.91 Å². The van der Waals surface area contributed by atoms with E-state index in [2.05, 4.69) is 20.2 Å². The Morgan fingerprint density at radius 1 is 1.04 bits per heavy atom. The van der Waals surface area contributed by atoms with Crippen LogP contribution in [0.25, 0.3) is 0 Å². The van der Waals surface area contributed by atoms with Crippen LogP contribution in [0.5, 0.6) is 0 Å². The van der Waals surface area contributed by atoms with Crippen LogP contribution >= 0.6 is 0 Å². The zero-order valence-corrected chi connectivity index (χ0v) is 12.8. The van der Waals surface area contributed by atoms with Crippen molar-refractivity contribution in [3.05, 3.63) is 42.5 Å². The van der Waals surface area contributed by atoms with Gasteiger partial charge in [0.15, 0.2) is 5.71 Å². The predicted molar refractivity (Wildman–Crippen MR) is 86.2 cm³/mol. The molecule has 0 unspecified atom stereocenters. The van der Waals surface area contributed by atoms with Crippen molar-refractivity contribution in [1.29, 1.82) is 0 Å². The molecular formula is C16H18N6O. The van der Waals surface area contributed by atoms with Gasteiger partial charge < -0.3 is 0 Å². The van der Waals surface area contributed by atoms with Gasteiger partial charge in [-0.1, -0.05) is 24.6 Å². The van der Waals surface area contributed by atoms with Crippen molar-refractivity contribution in [2.45, 2.75) is 19.3 Å². The first-order valence-electron chi connectivity index (χ1n) is 7.90. The predicted octanol–water partition coefficient (Wildman–Crippen LogP) is 1.32. The molecule has 7 nitrogen and oxygen atoms in total. The summed E-state index contributed by atoms with van der Waals surface area (Å²) < 4.78 is 1.47. The SMILES string of the molecule is O=C1/C(=N\n2cnnc2)c2ccccc2N1CN1CCCCC1. The van der Waals surface area contributed by atoms with Crippen LogP contribution in [0.2, 0.25) is 0 Å². The second kappa shape index (κ2) is 5.92. The topological polar surface area (TPSA) is 66.6 Å². The van der Waals surface area contributed by atoms with Gasteiger partial charge in [0.05, 0.1) is 12.4 Å². The molecule has 0 radical (unpaired) electrons.